The summed E-state index contributed by atoms with van der Waals surface area (Å²) in [5, 5.41) is 1.05. The zero-order valence-electron chi connectivity index (χ0n) is 20.5. The number of hydrogen-bond donors (Lipinski definition) is 0. The Kier molecular flexibility index (Phi) is 6.11. The molecule has 3 aromatic heterocycles. The number of aromatic nitrogens is 3. The SMILES string of the molecule is C=C[C@H]1CN2CC[C@H]1C[C@H]2[C@H](Oc1cccc(-c2ccccn2)n1)c1ccnc2ccc(OC)cc12. The van der Waals surface area contributed by atoms with Crippen LogP contribution in [-0.2, 0) is 0 Å². The van der Waals surface area contributed by atoms with Crippen LogP contribution in [0.1, 0.15) is 24.5 Å². The van der Waals surface area contributed by atoms with Gasteiger partial charge < -0.3 is 9.47 Å². The average molecular weight is 479 g/mol. The molecular formula is C30H30N4O2. The summed E-state index contributed by atoms with van der Waals surface area (Å²) in [5.41, 5.74) is 3.66. The monoisotopic (exact) mass is 478 g/mol. The van der Waals surface area contributed by atoms with E-state index in [9.17, 15) is 0 Å². The molecule has 0 radical (unpaired) electrons. The number of ether oxygens (including phenoxy) is 2. The first-order valence-electron chi connectivity index (χ1n) is 12.6. The Morgan fingerprint density at radius 1 is 1.03 bits per heavy atom. The van der Waals surface area contributed by atoms with E-state index in [0.717, 1.165) is 53.1 Å². The minimum atomic E-state index is -0.206. The van der Waals surface area contributed by atoms with Crippen LogP contribution in [0.15, 0.2) is 85.7 Å². The summed E-state index contributed by atoms with van der Waals surface area (Å²) in [4.78, 5) is 16.5. The van der Waals surface area contributed by atoms with Gasteiger partial charge in [-0.3, -0.25) is 14.9 Å². The van der Waals surface area contributed by atoms with Crippen molar-refractivity contribution in [2.75, 3.05) is 20.2 Å². The number of hydrogen-bond acceptors (Lipinski definition) is 6. The van der Waals surface area contributed by atoms with E-state index in [1.165, 1.54) is 6.42 Å². The van der Waals surface area contributed by atoms with E-state index in [1.807, 2.05) is 54.7 Å². The quantitative estimate of drug-likeness (QED) is 0.317. The van der Waals surface area contributed by atoms with Crippen LogP contribution in [0.4, 0.5) is 0 Å². The van der Waals surface area contributed by atoms with Gasteiger partial charge in [-0.05, 0) is 73.7 Å². The largest absolute Gasteiger partial charge is 0.497 e. The summed E-state index contributed by atoms with van der Waals surface area (Å²) in [7, 11) is 1.69. The van der Waals surface area contributed by atoms with Gasteiger partial charge in [0.25, 0.3) is 0 Å². The molecule has 0 saturated carbocycles. The average Bonchev–Trinajstić information content (AvgIpc) is 2.96. The van der Waals surface area contributed by atoms with Gasteiger partial charge in [0, 0.05) is 36.0 Å². The molecule has 6 heteroatoms. The summed E-state index contributed by atoms with van der Waals surface area (Å²) < 4.78 is 12.4. The molecule has 3 fully saturated rings. The van der Waals surface area contributed by atoms with Crippen molar-refractivity contribution >= 4 is 10.9 Å². The van der Waals surface area contributed by atoms with Crippen molar-refractivity contribution in [3.05, 3.63) is 91.3 Å². The molecule has 4 aromatic rings. The van der Waals surface area contributed by atoms with Crippen LogP contribution < -0.4 is 9.47 Å². The highest BCUT2D eigenvalue weighted by Crippen LogP contribution is 2.43. The lowest BCUT2D eigenvalue weighted by Gasteiger charge is -2.51. The van der Waals surface area contributed by atoms with E-state index in [1.54, 1.807) is 13.3 Å². The highest BCUT2D eigenvalue weighted by molar-refractivity contribution is 5.84. The first-order valence-corrected chi connectivity index (χ1v) is 12.6. The van der Waals surface area contributed by atoms with Crippen molar-refractivity contribution in [2.24, 2.45) is 11.8 Å². The zero-order valence-corrected chi connectivity index (χ0v) is 20.5. The number of fused-ring (bicyclic) bond motifs is 4. The van der Waals surface area contributed by atoms with E-state index in [-0.39, 0.29) is 12.1 Å². The molecule has 1 unspecified atom stereocenters. The molecule has 7 rings (SSSR count). The molecule has 3 aliphatic heterocycles. The van der Waals surface area contributed by atoms with Gasteiger partial charge in [0.2, 0.25) is 5.88 Å². The fraction of sp³-hybridized carbons (Fsp3) is 0.300. The van der Waals surface area contributed by atoms with E-state index < -0.39 is 0 Å². The van der Waals surface area contributed by atoms with Crippen molar-refractivity contribution in [1.82, 2.24) is 19.9 Å². The number of methoxy groups -OCH3 is 1. The van der Waals surface area contributed by atoms with Gasteiger partial charge in [-0.2, -0.15) is 0 Å². The fourth-order valence-corrected chi connectivity index (χ4v) is 5.83. The predicted octanol–water partition coefficient (Wildman–Crippen LogP) is 5.72. The van der Waals surface area contributed by atoms with Crippen LogP contribution in [0.5, 0.6) is 11.6 Å². The van der Waals surface area contributed by atoms with Gasteiger partial charge >= 0.3 is 0 Å². The van der Waals surface area contributed by atoms with Crippen molar-refractivity contribution < 1.29 is 9.47 Å². The molecule has 36 heavy (non-hydrogen) atoms. The first-order chi connectivity index (χ1) is 17.7. The molecule has 0 amide bonds. The maximum Gasteiger partial charge on any atom is 0.214 e. The summed E-state index contributed by atoms with van der Waals surface area (Å²) in [5.74, 6) is 2.57. The van der Waals surface area contributed by atoms with E-state index in [4.69, 9.17) is 14.5 Å². The van der Waals surface area contributed by atoms with E-state index in [0.29, 0.717) is 17.7 Å². The van der Waals surface area contributed by atoms with Gasteiger partial charge in [0.1, 0.15) is 11.9 Å². The van der Waals surface area contributed by atoms with Gasteiger partial charge in [-0.25, -0.2) is 4.98 Å². The molecular weight excluding hydrogens is 448 g/mol. The normalized spacial score (nSPS) is 23.8. The lowest BCUT2D eigenvalue weighted by atomic mass is 9.73. The third-order valence-corrected chi connectivity index (χ3v) is 7.69. The van der Waals surface area contributed by atoms with Crippen LogP contribution in [0.2, 0.25) is 0 Å². The van der Waals surface area contributed by atoms with Crippen LogP contribution >= 0.6 is 0 Å². The van der Waals surface area contributed by atoms with Crippen LogP contribution in [0.25, 0.3) is 22.3 Å². The standard InChI is InChI=1S/C30H30N4O2/c1-3-20-19-34-16-13-21(20)17-28(34)30(23-12-15-32-25-11-10-22(35-2)18-24(23)25)36-29-9-6-8-27(33-29)26-7-4-5-14-31-26/h3-12,14-15,18,20-21,28,30H,1,13,16-17,19H2,2H3/t20-,21-,28-,30+/m0/s1. The maximum absolute atomic E-state index is 6.83. The molecule has 2 bridgehead atoms. The summed E-state index contributed by atoms with van der Waals surface area (Å²) in [6, 6.07) is 20.1. The fourth-order valence-electron chi connectivity index (χ4n) is 5.83. The van der Waals surface area contributed by atoms with E-state index >= 15 is 0 Å². The van der Waals surface area contributed by atoms with Crippen molar-refractivity contribution in [2.45, 2.75) is 25.0 Å². The smallest absolute Gasteiger partial charge is 0.214 e. The predicted molar refractivity (Wildman–Crippen MR) is 141 cm³/mol. The van der Waals surface area contributed by atoms with Gasteiger partial charge in [-0.15, -0.1) is 6.58 Å². The zero-order chi connectivity index (χ0) is 24.5. The number of nitrogens with zero attached hydrogens (tertiary/aromatic N) is 4. The summed E-state index contributed by atoms with van der Waals surface area (Å²) >= 11 is 0. The van der Waals surface area contributed by atoms with E-state index in [2.05, 4.69) is 39.7 Å². The maximum atomic E-state index is 6.83. The van der Waals surface area contributed by atoms with Crippen molar-refractivity contribution in [1.29, 1.82) is 0 Å². The third kappa shape index (κ3) is 4.22. The van der Waals surface area contributed by atoms with Crippen LogP contribution in [-0.4, -0.2) is 46.1 Å². The second kappa shape index (κ2) is 9.70. The second-order valence-electron chi connectivity index (χ2n) is 9.64. The lowest BCUT2D eigenvalue weighted by molar-refractivity contribution is -0.0368. The summed E-state index contributed by atoms with van der Waals surface area (Å²) in [6.07, 6.45) is 7.86. The molecule has 1 aromatic carbocycles. The van der Waals surface area contributed by atoms with Gasteiger partial charge in [-0.1, -0.05) is 18.2 Å². The Hall–Kier alpha value is -3.77. The number of rotatable bonds is 7. The molecule has 6 heterocycles. The molecule has 182 valence electrons. The Balaban J connectivity index is 1.43. The Morgan fingerprint density at radius 3 is 2.72 bits per heavy atom. The Morgan fingerprint density at radius 2 is 1.94 bits per heavy atom. The minimum Gasteiger partial charge on any atom is -0.497 e. The van der Waals surface area contributed by atoms with Crippen molar-refractivity contribution in [3.8, 4) is 23.0 Å². The molecule has 6 nitrogen and oxygen atoms in total. The Bertz CT molecular complexity index is 1380. The molecule has 3 aliphatic rings. The molecule has 0 N–H and O–H groups in total. The third-order valence-electron chi connectivity index (χ3n) is 7.69. The molecule has 0 aliphatic carbocycles. The van der Waals surface area contributed by atoms with Gasteiger partial charge in [0.15, 0.2) is 0 Å². The second-order valence-corrected chi connectivity index (χ2v) is 9.64. The number of benzene rings is 1. The summed E-state index contributed by atoms with van der Waals surface area (Å²) in [6.45, 7) is 6.20. The highest BCUT2D eigenvalue weighted by atomic mass is 16.5. The lowest BCUT2D eigenvalue weighted by Crippen LogP contribution is -2.55. The topological polar surface area (TPSA) is 60.4 Å². The van der Waals surface area contributed by atoms with Crippen molar-refractivity contribution in [3.63, 3.8) is 0 Å². The molecule has 3 saturated heterocycles. The Labute approximate surface area is 211 Å². The minimum absolute atomic E-state index is 0.206. The van der Waals surface area contributed by atoms with Gasteiger partial charge in [0.05, 0.1) is 30.1 Å². The van der Waals surface area contributed by atoms with Crippen LogP contribution in [0, 0.1) is 11.8 Å². The molecule has 0 spiro atoms. The number of pyridine rings is 3. The highest BCUT2D eigenvalue weighted by Gasteiger charge is 2.44. The van der Waals surface area contributed by atoms with Crippen LogP contribution in [0.3, 0.4) is 0 Å². The number of piperidine rings is 3. The molecule has 5 atom stereocenters. The first kappa shape index (κ1) is 22.7.